The van der Waals surface area contributed by atoms with Crippen LogP contribution in [-0.2, 0) is 6.61 Å². The maximum Gasteiger partial charge on any atom is 0.122 e. The summed E-state index contributed by atoms with van der Waals surface area (Å²) in [5.41, 5.74) is 2.28. The fraction of sp³-hybridized carbons (Fsp3) is 0.0588. The molecular formula is C17H13NOS. The van der Waals surface area contributed by atoms with E-state index in [1.54, 1.807) is 11.3 Å². The standard InChI is InChI=1S/C17H13NOS/c1-2-6-16-14(5-1)15-8-7-12(10-17(15)18-16)19-11-13-4-3-9-20-13/h1-10,18H,11H2. The van der Waals surface area contributed by atoms with Gasteiger partial charge in [-0.25, -0.2) is 0 Å². The van der Waals surface area contributed by atoms with Crippen LogP contribution in [0.3, 0.4) is 0 Å². The zero-order chi connectivity index (χ0) is 13.4. The Bertz CT molecular complexity index is 861. The van der Waals surface area contributed by atoms with Gasteiger partial charge >= 0.3 is 0 Å². The summed E-state index contributed by atoms with van der Waals surface area (Å²) in [5.74, 6) is 0.900. The number of hydrogen-bond acceptors (Lipinski definition) is 2. The van der Waals surface area contributed by atoms with Gasteiger partial charge < -0.3 is 9.72 Å². The van der Waals surface area contributed by atoms with Crippen LogP contribution in [0.4, 0.5) is 0 Å². The molecule has 0 aliphatic rings. The van der Waals surface area contributed by atoms with Crippen molar-refractivity contribution in [1.29, 1.82) is 0 Å². The number of aromatic amines is 1. The fourth-order valence-electron chi connectivity index (χ4n) is 2.47. The SMILES string of the molecule is c1csc(COc2ccc3c(c2)[nH]c2ccccc23)c1. The first-order chi connectivity index (χ1) is 9.90. The van der Waals surface area contributed by atoms with Crippen LogP contribution >= 0.6 is 11.3 Å². The smallest absolute Gasteiger partial charge is 0.122 e. The second kappa shape index (κ2) is 4.69. The topological polar surface area (TPSA) is 25.0 Å². The fourth-order valence-corrected chi connectivity index (χ4v) is 3.09. The number of hydrogen-bond donors (Lipinski definition) is 1. The minimum atomic E-state index is 0.628. The molecule has 0 fully saturated rings. The van der Waals surface area contributed by atoms with Crippen LogP contribution in [0.5, 0.6) is 5.75 Å². The number of nitrogens with one attached hydrogen (secondary N) is 1. The molecule has 0 spiro atoms. The molecule has 0 bridgehead atoms. The summed E-state index contributed by atoms with van der Waals surface area (Å²) in [6, 6.07) is 18.7. The van der Waals surface area contributed by atoms with Crippen LogP contribution in [-0.4, -0.2) is 4.98 Å². The van der Waals surface area contributed by atoms with E-state index in [4.69, 9.17) is 4.74 Å². The van der Waals surface area contributed by atoms with Crippen LogP contribution in [0.1, 0.15) is 4.88 Å². The van der Waals surface area contributed by atoms with Crippen molar-refractivity contribution in [3.8, 4) is 5.75 Å². The van der Waals surface area contributed by atoms with E-state index in [1.807, 2.05) is 18.2 Å². The predicted molar refractivity (Wildman–Crippen MR) is 84.5 cm³/mol. The van der Waals surface area contributed by atoms with Crippen molar-refractivity contribution in [3.63, 3.8) is 0 Å². The lowest BCUT2D eigenvalue weighted by molar-refractivity contribution is 0.310. The average Bonchev–Trinajstić information content (AvgIpc) is 3.12. The van der Waals surface area contributed by atoms with E-state index >= 15 is 0 Å². The van der Waals surface area contributed by atoms with E-state index in [9.17, 15) is 0 Å². The molecule has 2 heterocycles. The van der Waals surface area contributed by atoms with Gasteiger partial charge in [-0.3, -0.25) is 0 Å². The molecule has 0 saturated heterocycles. The molecule has 2 aromatic heterocycles. The Morgan fingerprint density at radius 1 is 0.900 bits per heavy atom. The normalized spacial score (nSPS) is 11.2. The molecule has 4 aromatic rings. The highest BCUT2D eigenvalue weighted by atomic mass is 32.1. The van der Waals surface area contributed by atoms with Gasteiger partial charge in [0, 0.05) is 27.2 Å². The van der Waals surface area contributed by atoms with Crippen molar-refractivity contribution in [3.05, 3.63) is 64.9 Å². The van der Waals surface area contributed by atoms with Crippen molar-refractivity contribution in [1.82, 2.24) is 4.98 Å². The minimum absolute atomic E-state index is 0.628. The quantitative estimate of drug-likeness (QED) is 0.563. The van der Waals surface area contributed by atoms with Crippen LogP contribution in [0, 0.1) is 0 Å². The number of H-pyrrole nitrogens is 1. The molecule has 0 amide bonds. The van der Waals surface area contributed by atoms with Crippen molar-refractivity contribution in [2.24, 2.45) is 0 Å². The minimum Gasteiger partial charge on any atom is -0.488 e. The lowest BCUT2D eigenvalue weighted by Gasteiger charge is -2.04. The monoisotopic (exact) mass is 279 g/mol. The van der Waals surface area contributed by atoms with Crippen LogP contribution in [0.2, 0.25) is 0 Å². The molecule has 20 heavy (non-hydrogen) atoms. The third-order valence-corrected chi connectivity index (χ3v) is 4.29. The third kappa shape index (κ3) is 1.96. The van der Waals surface area contributed by atoms with E-state index in [-0.39, 0.29) is 0 Å². The molecule has 0 radical (unpaired) electrons. The Kier molecular flexibility index (Phi) is 2.71. The molecule has 0 unspecified atom stereocenters. The number of fused-ring (bicyclic) bond motifs is 3. The Morgan fingerprint density at radius 2 is 1.80 bits per heavy atom. The Morgan fingerprint density at radius 3 is 2.70 bits per heavy atom. The Balaban J connectivity index is 1.69. The number of ether oxygens (including phenoxy) is 1. The maximum atomic E-state index is 5.84. The summed E-state index contributed by atoms with van der Waals surface area (Å²) >= 11 is 1.72. The van der Waals surface area contributed by atoms with Crippen molar-refractivity contribution in [2.45, 2.75) is 6.61 Å². The average molecular weight is 279 g/mol. The van der Waals surface area contributed by atoms with Gasteiger partial charge in [0.1, 0.15) is 12.4 Å². The van der Waals surface area contributed by atoms with Gasteiger partial charge in [0.25, 0.3) is 0 Å². The van der Waals surface area contributed by atoms with Crippen LogP contribution < -0.4 is 4.74 Å². The molecule has 4 rings (SSSR count). The Labute approximate surface area is 120 Å². The molecule has 0 aliphatic heterocycles. The number of thiophene rings is 1. The lowest BCUT2D eigenvalue weighted by Crippen LogP contribution is -1.92. The van der Waals surface area contributed by atoms with E-state index in [0.29, 0.717) is 6.61 Å². The second-order valence-corrected chi connectivity index (χ2v) is 5.78. The van der Waals surface area contributed by atoms with Gasteiger partial charge in [-0.2, -0.15) is 0 Å². The molecular weight excluding hydrogens is 266 g/mol. The zero-order valence-corrected chi connectivity index (χ0v) is 11.6. The largest absolute Gasteiger partial charge is 0.488 e. The predicted octanol–water partition coefficient (Wildman–Crippen LogP) is 4.96. The van der Waals surface area contributed by atoms with Gasteiger partial charge in [0.15, 0.2) is 0 Å². The van der Waals surface area contributed by atoms with E-state index in [2.05, 4.69) is 46.8 Å². The van der Waals surface area contributed by atoms with Gasteiger partial charge in [0.2, 0.25) is 0 Å². The summed E-state index contributed by atoms with van der Waals surface area (Å²) in [5, 5.41) is 4.57. The molecule has 1 N–H and O–H groups in total. The molecule has 0 atom stereocenters. The maximum absolute atomic E-state index is 5.84. The van der Waals surface area contributed by atoms with Gasteiger partial charge in [-0.05, 0) is 29.6 Å². The number of para-hydroxylation sites is 1. The highest BCUT2D eigenvalue weighted by Crippen LogP contribution is 2.28. The van der Waals surface area contributed by atoms with Gasteiger partial charge in [-0.1, -0.05) is 24.3 Å². The second-order valence-electron chi connectivity index (χ2n) is 4.75. The molecule has 0 saturated carbocycles. The first-order valence-electron chi connectivity index (χ1n) is 6.56. The van der Waals surface area contributed by atoms with E-state index < -0.39 is 0 Å². The molecule has 98 valence electrons. The lowest BCUT2D eigenvalue weighted by atomic mass is 10.1. The van der Waals surface area contributed by atoms with Crippen LogP contribution in [0.25, 0.3) is 21.8 Å². The molecule has 2 aromatic carbocycles. The first kappa shape index (κ1) is 11.6. The highest BCUT2D eigenvalue weighted by Gasteiger charge is 2.05. The van der Waals surface area contributed by atoms with Crippen molar-refractivity contribution >= 4 is 33.1 Å². The summed E-state index contributed by atoms with van der Waals surface area (Å²) < 4.78 is 5.84. The Hall–Kier alpha value is -2.26. The number of rotatable bonds is 3. The summed E-state index contributed by atoms with van der Waals surface area (Å²) in [4.78, 5) is 4.67. The van der Waals surface area contributed by atoms with Gasteiger partial charge in [0.05, 0.1) is 5.52 Å². The summed E-state index contributed by atoms with van der Waals surface area (Å²) in [6.45, 7) is 0.628. The molecule has 0 aliphatic carbocycles. The van der Waals surface area contributed by atoms with Gasteiger partial charge in [-0.15, -0.1) is 11.3 Å². The molecule has 3 heteroatoms. The molecule has 2 nitrogen and oxygen atoms in total. The van der Waals surface area contributed by atoms with Crippen molar-refractivity contribution < 1.29 is 4.74 Å². The summed E-state index contributed by atoms with van der Waals surface area (Å²) in [7, 11) is 0. The number of aromatic nitrogens is 1. The third-order valence-electron chi connectivity index (χ3n) is 3.44. The van der Waals surface area contributed by atoms with Crippen molar-refractivity contribution in [2.75, 3.05) is 0 Å². The number of benzene rings is 2. The highest BCUT2D eigenvalue weighted by molar-refractivity contribution is 7.09. The van der Waals surface area contributed by atoms with E-state index in [0.717, 1.165) is 16.8 Å². The first-order valence-corrected chi connectivity index (χ1v) is 7.44. The zero-order valence-electron chi connectivity index (χ0n) is 10.8. The van der Waals surface area contributed by atoms with E-state index in [1.165, 1.54) is 15.6 Å². The summed E-state index contributed by atoms with van der Waals surface area (Å²) in [6.07, 6.45) is 0. The van der Waals surface area contributed by atoms with Crippen LogP contribution in [0.15, 0.2) is 60.0 Å².